The smallest absolute Gasteiger partial charge is 0.231 e. The van der Waals surface area contributed by atoms with Crippen LogP contribution in [0.25, 0.3) is 0 Å². The first-order valence-electron chi connectivity index (χ1n) is 9.07. The number of rotatable bonds is 7. The number of unbranched alkanes of at least 4 members (excludes halogenated alkanes) is 2. The maximum Gasteiger partial charge on any atom is 0.231 e. The number of hydrogen-bond acceptors (Lipinski definition) is 5. The molecule has 0 saturated carbocycles. The van der Waals surface area contributed by atoms with Crippen LogP contribution in [0.3, 0.4) is 0 Å². The molecule has 1 atom stereocenters. The van der Waals surface area contributed by atoms with Crippen molar-refractivity contribution in [3.8, 4) is 0 Å². The molecule has 1 N–H and O–H groups in total. The number of nitrogens with one attached hydrogen (secondary N) is 1. The zero-order valence-electron chi connectivity index (χ0n) is 15.2. The predicted octanol–water partition coefficient (Wildman–Crippen LogP) is 3.57. The van der Waals surface area contributed by atoms with Crippen LogP contribution in [0.5, 0.6) is 0 Å². The molecule has 2 heterocycles. The zero-order valence-corrected chi connectivity index (χ0v) is 16.0. The molecule has 1 aliphatic rings. The molecule has 0 aliphatic carbocycles. The topological polar surface area (TPSA) is 75.2 Å². The molecular weight excluding hydrogens is 348 g/mol. The van der Waals surface area contributed by atoms with Crippen molar-refractivity contribution in [2.75, 3.05) is 16.8 Å². The van der Waals surface area contributed by atoms with Crippen LogP contribution < -0.4 is 10.2 Å². The highest BCUT2D eigenvalue weighted by atomic mass is 32.1. The average molecular weight is 372 g/mol. The minimum atomic E-state index is -0.366. The molecule has 2 aromatic rings. The van der Waals surface area contributed by atoms with Crippen molar-refractivity contribution >= 4 is 34.0 Å². The van der Waals surface area contributed by atoms with E-state index in [-0.39, 0.29) is 24.2 Å². The lowest BCUT2D eigenvalue weighted by Crippen LogP contribution is -2.28. The second-order valence-corrected chi connectivity index (χ2v) is 7.70. The summed E-state index contributed by atoms with van der Waals surface area (Å²) in [5, 5.41) is 12.5. The van der Waals surface area contributed by atoms with E-state index in [4.69, 9.17) is 0 Å². The van der Waals surface area contributed by atoms with Crippen molar-refractivity contribution in [3.05, 3.63) is 34.8 Å². The zero-order chi connectivity index (χ0) is 18.5. The fraction of sp³-hybridized carbons (Fsp3) is 0.474. The van der Waals surface area contributed by atoms with Gasteiger partial charge in [0.2, 0.25) is 16.9 Å². The maximum absolute atomic E-state index is 12.5. The van der Waals surface area contributed by atoms with Gasteiger partial charge in [0.1, 0.15) is 5.01 Å². The number of para-hydroxylation sites is 1. The molecular formula is C19H24N4O2S. The lowest BCUT2D eigenvalue weighted by atomic mass is 10.1. The van der Waals surface area contributed by atoms with Gasteiger partial charge in [0.25, 0.3) is 0 Å². The minimum absolute atomic E-state index is 0.0167. The van der Waals surface area contributed by atoms with Gasteiger partial charge in [0.05, 0.1) is 5.92 Å². The normalized spacial score (nSPS) is 16.9. The van der Waals surface area contributed by atoms with Gasteiger partial charge < -0.3 is 10.2 Å². The van der Waals surface area contributed by atoms with Gasteiger partial charge in [0.15, 0.2) is 0 Å². The lowest BCUT2D eigenvalue weighted by molar-refractivity contribution is -0.122. The number of aryl methyl sites for hydroxylation is 2. The van der Waals surface area contributed by atoms with Gasteiger partial charge >= 0.3 is 0 Å². The van der Waals surface area contributed by atoms with Gasteiger partial charge in [-0.1, -0.05) is 49.3 Å². The van der Waals surface area contributed by atoms with Crippen molar-refractivity contribution in [1.82, 2.24) is 10.2 Å². The Kier molecular flexibility index (Phi) is 5.98. The SMILES string of the molecule is CCCCCc1nnc(NC(=O)C2CC(=O)N(c3ccccc3C)C2)s1. The van der Waals surface area contributed by atoms with Gasteiger partial charge in [-0.25, -0.2) is 0 Å². The standard InChI is InChI=1S/C19H24N4O2S/c1-3-4-5-10-16-21-22-19(26-16)20-18(25)14-11-17(24)23(12-14)15-9-7-6-8-13(15)2/h6-9,14H,3-5,10-12H2,1-2H3,(H,20,22,25). The second kappa shape index (κ2) is 8.40. The quantitative estimate of drug-likeness (QED) is 0.754. The molecule has 1 fully saturated rings. The largest absolute Gasteiger partial charge is 0.311 e. The van der Waals surface area contributed by atoms with Crippen LogP contribution in [-0.4, -0.2) is 28.6 Å². The summed E-state index contributed by atoms with van der Waals surface area (Å²) in [7, 11) is 0. The van der Waals surface area contributed by atoms with Crippen LogP contribution >= 0.6 is 11.3 Å². The van der Waals surface area contributed by atoms with Crippen LogP contribution in [-0.2, 0) is 16.0 Å². The van der Waals surface area contributed by atoms with Crippen molar-refractivity contribution in [2.24, 2.45) is 5.92 Å². The summed E-state index contributed by atoms with van der Waals surface area (Å²) < 4.78 is 0. The molecule has 1 aromatic heterocycles. The molecule has 138 valence electrons. The molecule has 2 amide bonds. The summed E-state index contributed by atoms with van der Waals surface area (Å²) in [6.07, 6.45) is 4.53. The Hall–Kier alpha value is -2.28. The third-order valence-corrected chi connectivity index (χ3v) is 5.49. The van der Waals surface area contributed by atoms with Crippen molar-refractivity contribution < 1.29 is 9.59 Å². The molecule has 3 rings (SSSR count). The van der Waals surface area contributed by atoms with E-state index in [0.717, 1.165) is 35.5 Å². The first kappa shape index (κ1) is 18.5. The van der Waals surface area contributed by atoms with E-state index in [1.807, 2.05) is 31.2 Å². The molecule has 1 aromatic carbocycles. The maximum atomic E-state index is 12.5. The molecule has 0 spiro atoms. The predicted molar refractivity (Wildman–Crippen MR) is 103 cm³/mol. The summed E-state index contributed by atoms with van der Waals surface area (Å²) in [5.41, 5.74) is 1.91. The van der Waals surface area contributed by atoms with Gasteiger partial charge in [-0.15, -0.1) is 10.2 Å². The van der Waals surface area contributed by atoms with Gasteiger partial charge in [0, 0.05) is 25.1 Å². The minimum Gasteiger partial charge on any atom is -0.311 e. The second-order valence-electron chi connectivity index (χ2n) is 6.64. The third-order valence-electron chi connectivity index (χ3n) is 4.59. The number of amides is 2. The highest BCUT2D eigenvalue weighted by Gasteiger charge is 2.35. The van der Waals surface area contributed by atoms with E-state index in [0.29, 0.717) is 11.7 Å². The van der Waals surface area contributed by atoms with Crippen LogP contribution in [0.4, 0.5) is 10.8 Å². The molecule has 0 bridgehead atoms. The Morgan fingerprint density at radius 3 is 2.88 bits per heavy atom. The Labute approximate surface area is 157 Å². The van der Waals surface area contributed by atoms with Crippen LogP contribution in [0.1, 0.15) is 43.2 Å². The summed E-state index contributed by atoms with van der Waals surface area (Å²) >= 11 is 1.42. The number of carbonyl (C=O) groups excluding carboxylic acids is 2. The van der Waals surface area contributed by atoms with E-state index in [9.17, 15) is 9.59 Å². The molecule has 7 heteroatoms. The fourth-order valence-electron chi connectivity index (χ4n) is 3.12. The van der Waals surface area contributed by atoms with Crippen LogP contribution in [0.2, 0.25) is 0 Å². The summed E-state index contributed by atoms with van der Waals surface area (Å²) in [5.74, 6) is -0.544. The van der Waals surface area contributed by atoms with Crippen molar-refractivity contribution in [2.45, 2.75) is 46.0 Å². The van der Waals surface area contributed by atoms with E-state index in [1.165, 1.54) is 17.8 Å². The number of aromatic nitrogens is 2. The van der Waals surface area contributed by atoms with E-state index in [2.05, 4.69) is 22.4 Å². The fourth-order valence-corrected chi connectivity index (χ4v) is 3.91. The lowest BCUT2D eigenvalue weighted by Gasteiger charge is -2.18. The Balaban J connectivity index is 1.59. The number of hydrogen-bond donors (Lipinski definition) is 1. The highest BCUT2D eigenvalue weighted by molar-refractivity contribution is 7.15. The molecule has 0 radical (unpaired) electrons. The molecule has 26 heavy (non-hydrogen) atoms. The summed E-state index contributed by atoms with van der Waals surface area (Å²) in [6.45, 7) is 4.53. The first-order chi connectivity index (χ1) is 12.6. The molecule has 6 nitrogen and oxygen atoms in total. The number of benzene rings is 1. The van der Waals surface area contributed by atoms with E-state index in [1.54, 1.807) is 4.90 Å². The van der Waals surface area contributed by atoms with Gasteiger partial charge in [-0.3, -0.25) is 9.59 Å². The first-order valence-corrected chi connectivity index (χ1v) is 9.89. The monoisotopic (exact) mass is 372 g/mol. The molecule has 1 unspecified atom stereocenters. The number of anilines is 2. The van der Waals surface area contributed by atoms with Crippen LogP contribution in [0, 0.1) is 12.8 Å². The Morgan fingerprint density at radius 2 is 2.12 bits per heavy atom. The molecule has 1 saturated heterocycles. The number of nitrogens with zero attached hydrogens (tertiary/aromatic N) is 3. The van der Waals surface area contributed by atoms with Crippen molar-refractivity contribution in [3.63, 3.8) is 0 Å². The van der Waals surface area contributed by atoms with Gasteiger partial charge in [-0.05, 0) is 25.0 Å². The Morgan fingerprint density at radius 1 is 1.31 bits per heavy atom. The van der Waals surface area contributed by atoms with E-state index < -0.39 is 0 Å². The summed E-state index contributed by atoms with van der Waals surface area (Å²) in [6, 6.07) is 7.74. The van der Waals surface area contributed by atoms with Crippen LogP contribution in [0.15, 0.2) is 24.3 Å². The van der Waals surface area contributed by atoms with E-state index >= 15 is 0 Å². The third kappa shape index (κ3) is 4.27. The highest BCUT2D eigenvalue weighted by Crippen LogP contribution is 2.28. The number of carbonyl (C=O) groups is 2. The average Bonchev–Trinajstić information content (AvgIpc) is 3.22. The molecule has 1 aliphatic heterocycles. The Bertz CT molecular complexity index is 789. The van der Waals surface area contributed by atoms with Crippen molar-refractivity contribution in [1.29, 1.82) is 0 Å². The van der Waals surface area contributed by atoms with Gasteiger partial charge in [-0.2, -0.15) is 0 Å². The summed E-state index contributed by atoms with van der Waals surface area (Å²) in [4.78, 5) is 26.6.